The molecule has 0 unspecified atom stereocenters. The highest BCUT2D eigenvalue weighted by molar-refractivity contribution is 6.32. The normalized spacial score (nSPS) is 26.7. The molecule has 0 aromatic heterocycles. The van der Waals surface area contributed by atoms with Gasteiger partial charge in [0, 0.05) is 18.1 Å². The zero-order valence-corrected chi connectivity index (χ0v) is 13.1. The summed E-state index contributed by atoms with van der Waals surface area (Å²) in [5.41, 5.74) is 0.617. The third-order valence-electron chi connectivity index (χ3n) is 4.81. The van der Waals surface area contributed by atoms with Crippen molar-refractivity contribution in [2.75, 3.05) is 19.5 Å². The van der Waals surface area contributed by atoms with Crippen LogP contribution in [0.3, 0.4) is 0 Å². The molecular formula is C16H20ClNO3. The number of carbonyl (C=O) groups is 1. The highest BCUT2D eigenvalue weighted by Crippen LogP contribution is 2.49. The first kappa shape index (κ1) is 14.5. The van der Waals surface area contributed by atoms with Crippen LogP contribution in [0.4, 0.5) is 5.69 Å². The average Bonchev–Trinajstić information content (AvgIpc) is 3.11. The lowest BCUT2D eigenvalue weighted by Crippen LogP contribution is -2.27. The second-order valence-corrected chi connectivity index (χ2v) is 6.36. The van der Waals surface area contributed by atoms with Crippen LogP contribution in [0, 0.1) is 17.8 Å². The predicted molar refractivity (Wildman–Crippen MR) is 82.1 cm³/mol. The molecule has 1 N–H and O–H groups in total. The van der Waals surface area contributed by atoms with Gasteiger partial charge < -0.3 is 14.8 Å². The number of carbonyl (C=O) groups excluding carboxylic acids is 1. The summed E-state index contributed by atoms with van der Waals surface area (Å²) in [7, 11) is 3.11. The third-order valence-corrected chi connectivity index (χ3v) is 5.10. The summed E-state index contributed by atoms with van der Waals surface area (Å²) >= 11 is 6.08. The molecular weight excluding hydrogens is 290 g/mol. The largest absolute Gasteiger partial charge is 0.495 e. The molecule has 0 radical (unpaired) electrons. The molecule has 3 rings (SSSR count). The van der Waals surface area contributed by atoms with Crippen LogP contribution in [-0.4, -0.2) is 20.1 Å². The van der Waals surface area contributed by atoms with E-state index < -0.39 is 0 Å². The van der Waals surface area contributed by atoms with Crippen molar-refractivity contribution in [2.24, 2.45) is 17.8 Å². The zero-order valence-electron chi connectivity index (χ0n) is 12.3. The number of benzene rings is 1. The standard InChI is InChI=1S/C16H20ClNO3/c1-20-14-8-13(15(21-2)7-12(14)17)18-16(19)11-6-9-3-4-10(11)5-9/h7-11H,3-6H2,1-2H3,(H,18,19)/t9-,10-,11-/m1/s1. The number of hydrogen-bond acceptors (Lipinski definition) is 3. The lowest BCUT2D eigenvalue weighted by atomic mass is 9.88. The van der Waals surface area contributed by atoms with Crippen molar-refractivity contribution >= 4 is 23.2 Å². The first-order valence-corrected chi connectivity index (χ1v) is 7.72. The van der Waals surface area contributed by atoms with Crippen LogP contribution >= 0.6 is 11.6 Å². The van der Waals surface area contributed by atoms with Gasteiger partial charge >= 0.3 is 0 Å². The Morgan fingerprint density at radius 1 is 1.19 bits per heavy atom. The average molecular weight is 310 g/mol. The van der Waals surface area contributed by atoms with Crippen LogP contribution in [0.15, 0.2) is 12.1 Å². The lowest BCUT2D eigenvalue weighted by molar-refractivity contribution is -0.121. The summed E-state index contributed by atoms with van der Waals surface area (Å²) in [5, 5.41) is 3.45. The molecule has 0 aliphatic heterocycles. The van der Waals surface area contributed by atoms with Crippen molar-refractivity contribution in [1.82, 2.24) is 0 Å². The highest BCUT2D eigenvalue weighted by atomic mass is 35.5. The van der Waals surface area contributed by atoms with Gasteiger partial charge in [0.1, 0.15) is 11.5 Å². The van der Waals surface area contributed by atoms with Gasteiger partial charge in [0.2, 0.25) is 5.91 Å². The number of methoxy groups -OCH3 is 2. The number of hydrogen-bond donors (Lipinski definition) is 1. The minimum atomic E-state index is 0.0878. The second kappa shape index (κ2) is 5.76. The SMILES string of the molecule is COc1cc(NC(=O)[C@@H]2C[C@@H]3CC[C@@H]2C3)c(OC)cc1Cl. The number of amides is 1. The Morgan fingerprint density at radius 3 is 2.52 bits per heavy atom. The predicted octanol–water partition coefficient (Wildman–Crippen LogP) is 3.73. The molecule has 0 spiro atoms. The molecule has 2 bridgehead atoms. The third kappa shape index (κ3) is 2.69. The fourth-order valence-corrected chi connectivity index (χ4v) is 3.98. The first-order chi connectivity index (χ1) is 10.1. The Morgan fingerprint density at radius 2 is 1.95 bits per heavy atom. The van der Waals surface area contributed by atoms with Crippen molar-refractivity contribution in [3.63, 3.8) is 0 Å². The Hall–Kier alpha value is -1.42. The molecule has 0 saturated heterocycles. The summed E-state index contributed by atoms with van der Waals surface area (Å²) < 4.78 is 10.5. The molecule has 2 saturated carbocycles. The molecule has 2 aliphatic carbocycles. The van der Waals surface area contributed by atoms with Gasteiger partial charge in [-0.3, -0.25) is 4.79 Å². The van der Waals surface area contributed by atoms with Crippen LogP contribution in [-0.2, 0) is 4.79 Å². The van der Waals surface area contributed by atoms with Gasteiger partial charge in [0.05, 0.1) is 24.9 Å². The van der Waals surface area contributed by atoms with Crippen molar-refractivity contribution in [2.45, 2.75) is 25.7 Å². The fraction of sp³-hybridized carbons (Fsp3) is 0.562. The molecule has 5 heteroatoms. The van der Waals surface area contributed by atoms with Crippen LogP contribution < -0.4 is 14.8 Å². The highest BCUT2D eigenvalue weighted by Gasteiger charge is 2.43. The summed E-state index contributed by atoms with van der Waals surface area (Å²) in [6.45, 7) is 0. The smallest absolute Gasteiger partial charge is 0.227 e. The quantitative estimate of drug-likeness (QED) is 0.922. The van der Waals surface area contributed by atoms with Crippen LogP contribution in [0.5, 0.6) is 11.5 Å². The topological polar surface area (TPSA) is 47.6 Å². The molecule has 21 heavy (non-hydrogen) atoms. The number of fused-ring (bicyclic) bond motifs is 2. The number of ether oxygens (including phenoxy) is 2. The molecule has 0 heterocycles. The molecule has 2 fully saturated rings. The molecule has 3 atom stereocenters. The summed E-state index contributed by atoms with van der Waals surface area (Å²) in [6.07, 6.45) is 4.69. The molecule has 2 aliphatic rings. The van der Waals surface area contributed by atoms with Crippen LogP contribution in [0.1, 0.15) is 25.7 Å². The van der Waals surface area contributed by atoms with E-state index in [-0.39, 0.29) is 11.8 Å². The van der Waals surface area contributed by atoms with Gasteiger partial charge in [0.25, 0.3) is 0 Å². The number of halogens is 1. The van der Waals surface area contributed by atoms with Crippen LogP contribution in [0.25, 0.3) is 0 Å². The number of anilines is 1. The molecule has 1 amide bonds. The van der Waals surface area contributed by atoms with Gasteiger partial charge in [-0.15, -0.1) is 0 Å². The van der Waals surface area contributed by atoms with Gasteiger partial charge in [0.15, 0.2) is 0 Å². The summed E-state index contributed by atoms with van der Waals surface area (Å²) in [4.78, 5) is 12.5. The summed E-state index contributed by atoms with van der Waals surface area (Å²) in [5.74, 6) is 2.60. The number of rotatable bonds is 4. The van der Waals surface area contributed by atoms with Crippen molar-refractivity contribution in [3.8, 4) is 11.5 Å². The lowest BCUT2D eigenvalue weighted by Gasteiger charge is -2.21. The first-order valence-electron chi connectivity index (χ1n) is 7.34. The van der Waals surface area contributed by atoms with E-state index in [4.69, 9.17) is 21.1 Å². The van der Waals surface area contributed by atoms with E-state index in [9.17, 15) is 4.79 Å². The van der Waals surface area contributed by atoms with Crippen molar-refractivity contribution in [1.29, 1.82) is 0 Å². The summed E-state index contributed by atoms with van der Waals surface area (Å²) in [6, 6.07) is 3.38. The maximum absolute atomic E-state index is 12.5. The van der Waals surface area contributed by atoms with E-state index in [1.807, 2.05) is 0 Å². The Labute approximate surface area is 129 Å². The van der Waals surface area contributed by atoms with Crippen molar-refractivity contribution < 1.29 is 14.3 Å². The van der Waals surface area contributed by atoms with Gasteiger partial charge in [-0.05, 0) is 31.1 Å². The van der Waals surface area contributed by atoms with Gasteiger partial charge in [-0.25, -0.2) is 0 Å². The van der Waals surface area contributed by atoms with Gasteiger partial charge in [-0.1, -0.05) is 18.0 Å². The Balaban J connectivity index is 1.79. The van der Waals surface area contributed by atoms with E-state index >= 15 is 0 Å². The van der Waals surface area contributed by atoms with E-state index in [0.29, 0.717) is 28.1 Å². The minimum Gasteiger partial charge on any atom is -0.495 e. The monoisotopic (exact) mass is 309 g/mol. The second-order valence-electron chi connectivity index (χ2n) is 5.96. The van der Waals surface area contributed by atoms with E-state index in [2.05, 4.69) is 5.32 Å². The molecule has 114 valence electrons. The Kier molecular flexibility index (Phi) is 3.98. The van der Waals surface area contributed by atoms with Crippen molar-refractivity contribution in [3.05, 3.63) is 17.2 Å². The van der Waals surface area contributed by atoms with E-state index in [1.165, 1.54) is 19.3 Å². The minimum absolute atomic E-state index is 0.0878. The maximum Gasteiger partial charge on any atom is 0.227 e. The molecule has 4 nitrogen and oxygen atoms in total. The van der Waals surface area contributed by atoms with Crippen LogP contribution in [0.2, 0.25) is 5.02 Å². The van der Waals surface area contributed by atoms with E-state index in [0.717, 1.165) is 12.3 Å². The maximum atomic E-state index is 12.5. The zero-order chi connectivity index (χ0) is 15.0. The molecule has 1 aromatic carbocycles. The van der Waals surface area contributed by atoms with E-state index in [1.54, 1.807) is 26.4 Å². The fourth-order valence-electron chi connectivity index (χ4n) is 3.75. The number of nitrogens with one attached hydrogen (secondary N) is 1. The molecule has 1 aromatic rings. The Bertz CT molecular complexity index is 561. The van der Waals surface area contributed by atoms with Gasteiger partial charge in [-0.2, -0.15) is 0 Å².